The number of nitrogens with one attached hydrogen (secondary N) is 2. The highest BCUT2D eigenvalue weighted by Crippen LogP contribution is 2.15. The van der Waals surface area contributed by atoms with Crippen LogP contribution in [0.1, 0.15) is 31.9 Å². The van der Waals surface area contributed by atoms with E-state index in [1.165, 1.54) is 6.07 Å². The predicted octanol–water partition coefficient (Wildman–Crippen LogP) is 3.78. The average molecular weight is 409 g/mol. The molecule has 0 fully saturated rings. The first-order valence-corrected chi connectivity index (χ1v) is 6.61. The SMILES string of the molecule is C/C=C/CCNC(=NC)NC(C)c1ccc(F)c(F)c1.I. The van der Waals surface area contributed by atoms with E-state index >= 15 is 0 Å². The maximum Gasteiger partial charge on any atom is 0.191 e. The number of halogens is 3. The molecule has 0 heterocycles. The molecular formula is C15H22F2IN3. The Morgan fingerprint density at radius 2 is 2.05 bits per heavy atom. The van der Waals surface area contributed by atoms with Gasteiger partial charge in [0.2, 0.25) is 0 Å². The molecule has 0 saturated carbocycles. The smallest absolute Gasteiger partial charge is 0.191 e. The van der Waals surface area contributed by atoms with Crippen LogP contribution >= 0.6 is 24.0 Å². The molecule has 0 aromatic heterocycles. The Labute approximate surface area is 141 Å². The fourth-order valence-corrected chi connectivity index (χ4v) is 1.71. The maximum absolute atomic E-state index is 13.2. The van der Waals surface area contributed by atoms with Gasteiger partial charge in [0.1, 0.15) is 0 Å². The molecule has 3 nitrogen and oxygen atoms in total. The number of guanidine groups is 1. The van der Waals surface area contributed by atoms with E-state index < -0.39 is 11.6 Å². The third kappa shape index (κ3) is 6.88. The summed E-state index contributed by atoms with van der Waals surface area (Å²) in [6.07, 6.45) is 4.94. The number of nitrogens with zero attached hydrogens (tertiary/aromatic N) is 1. The Hall–Kier alpha value is -1.18. The molecule has 1 atom stereocenters. The van der Waals surface area contributed by atoms with Gasteiger partial charge in [0, 0.05) is 13.6 Å². The Balaban J connectivity index is 0.00000400. The zero-order valence-electron chi connectivity index (χ0n) is 12.5. The minimum Gasteiger partial charge on any atom is -0.356 e. The minimum absolute atomic E-state index is 0. The third-order valence-electron chi connectivity index (χ3n) is 2.86. The first-order valence-electron chi connectivity index (χ1n) is 6.61. The van der Waals surface area contributed by atoms with Crippen molar-refractivity contribution in [3.05, 3.63) is 47.5 Å². The molecule has 1 unspecified atom stereocenters. The van der Waals surface area contributed by atoms with Crippen LogP contribution in [0.25, 0.3) is 0 Å². The van der Waals surface area contributed by atoms with E-state index in [-0.39, 0.29) is 30.0 Å². The summed E-state index contributed by atoms with van der Waals surface area (Å²) in [4.78, 5) is 4.09. The molecule has 118 valence electrons. The molecule has 0 amide bonds. The highest BCUT2D eigenvalue weighted by molar-refractivity contribution is 14.0. The minimum atomic E-state index is -0.841. The van der Waals surface area contributed by atoms with Crippen LogP contribution in [0, 0.1) is 11.6 Å². The summed E-state index contributed by atoms with van der Waals surface area (Å²) < 4.78 is 26.1. The zero-order chi connectivity index (χ0) is 15.0. The van der Waals surface area contributed by atoms with Crippen molar-refractivity contribution in [1.29, 1.82) is 0 Å². The second-order valence-electron chi connectivity index (χ2n) is 4.40. The molecule has 6 heteroatoms. The molecule has 0 aliphatic heterocycles. The summed E-state index contributed by atoms with van der Waals surface area (Å²) in [6, 6.07) is 3.71. The van der Waals surface area contributed by atoms with Gasteiger partial charge in [0.25, 0.3) is 0 Å². The van der Waals surface area contributed by atoms with Gasteiger partial charge in [-0.1, -0.05) is 18.2 Å². The van der Waals surface area contributed by atoms with Gasteiger partial charge in [-0.25, -0.2) is 8.78 Å². The number of benzene rings is 1. The Morgan fingerprint density at radius 3 is 2.62 bits per heavy atom. The van der Waals surface area contributed by atoms with Crippen LogP contribution in [-0.4, -0.2) is 19.6 Å². The van der Waals surface area contributed by atoms with Crippen LogP contribution in [0.15, 0.2) is 35.3 Å². The van der Waals surface area contributed by atoms with Crippen molar-refractivity contribution in [2.75, 3.05) is 13.6 Å². The number of rotatable bonds is 5. The molecule has 1 aromatic rings. The van der Waals surface area contributed by atoms with Crippen molar-refractivity contribution in [2.24, 2.45) is 4.99 Å². The van der Waals surface area contributed by atoms with E-state index in [1.807, 2.05) is 19.9 Å². The van der Waals surface area contributed by atoms with E-state index in [4.69, 9.17) is 0 Å². The van der Waals surface area contributed by atoms with E-state index in [0.717, 1.165) is 19.0 Å². The van der Waals surface area contributed by atoms with Gasteiger partial charge in [0.15, 0.2) is 17.6 Å². The summed E-state index contributed by atoms with van der Waals surface area (Å²) in [5, 5.41) is 6.28. The summed E-state index contributed by atoms with van der Waals surface area (Å²) in [5.41, 5.74) is 0.667. The average Bonchev–Trinajstić information content (AvgIpc) is 2.44. The van der Waals surface area contributed by atoms with Crippen molar-refractivity contribution in [3.63, 3.8) is 0 Å². The number of aliphatic imine (C=N–C) groups is 1. The largest absolute Gasteiger partial charge is 0.356 e. The van der Waals surface area contributed by atoms with Gasteiger partial charge in [-0.05, 0) is 38.0 Å². The van der Waals surface area contributed by atoms with Crippen molar-refractivity contribution in [2.45, 2.75) is 26.3 Å². The molecule has 21 heavy (non-hydrogen) atoms. The first-order chi connectivity index (χ1) is 9.58. The molecule has 0 saturated heterocycles. The second-order valence-corrected chi connectivity index (χ2v) is 4.40. The van der Waals surface area contributed by atoms with Crippen molar-refractivity contribution in [1.82, 2.24) is 10.6 Å². The van der Waals surface area contributed by atoms with Crippen molar-refractivity contribution < 1.29 is 8.78 Å². The Kier molecular flexibility index (Phi) is 9.94. The highest BCUT2D eigenvalue weighted by Gasteiger charge is 2.10. The summed E-state index contributed by atoms with van der Waals surface area (Å²) in [7, 11) is 1.67. The molecule has 1 rings (SSSR count). The second kappa shape index (κ2) is 10.5. The Bertz CT molecular complexity index is 490. The zero-order valence-corrected chi connectivity index (χ0v) is 14.8. The lowest BCUT2D eigenvalue weighted by molar-refractivity contribution is 0.504. The number of hydrogen-bond donors (Lipinski definition) is 2. The van der Waals surface area contributed by atoms with Crippen LogP contribution < -0.4 is 10.6 Å². The lowest BCUT2D eigenvalue weighted by Crippen LogP contribution is -2.39. The van der Waals surface area contributed by atoms with Gasteiger partial charge >= 0.3 is 0 Å². The van der Waals surface area contributed by atoms with Gasteiger partial charge in [0.05, 0.1) is 6.04 Å². The van der Waals surface area contributed by atoms with Gasteiger partial charge in [-0.15, -0.1) is 24.0 Å². The van der Waals surface area contributed by atoms with Crippen LogP contribution in [0.5, 0.6) is 0 Å². The lowest BCUT2D eigenvalue weighted by Gasteiger charge is -2.18. The predicted molar refractivity (Wildman–Crippen MR) is 94.1 cm³/mol. The van der Waals surface area contributed by atoms with Crippen LogP contribution in [0.4, 0.5) is 8.78 Å². The van der Waals surface area contributed by atoms with E-state index in [0.29, 0.717) is 11.5 Å². The monoisotopic (exact) mass is 409 g/mol. The number of hydrogen-bond acceptors (Lipinski definition) is 1. The summed E-state index contributed by atoms with van der Waals surface area (Å²) in [6.45, 7) is 4.60. The van der Waals surface area contributed by atoms with E-state index in [9.17, 15) is 8.78 Å². The summed E-state index contributed by atoms with van der Waals surface area (Å²) >= 11 is 0. The van der Waals surface area contributed by atoms with Crippen LogP contribution in [0.2, 0.25) is 0 Å². The molecular weight excluding hydrogens is 387 g/mol. The standard InChI is InChI=1S/C15H21F2N3.HI/c1-4-5-6-9-19-15(18-3)20-11(2)12-7-8-13(16)14(17)10-12;/h4-5,7-8,10-11H,6,9H2,1-3H3,(H2,18,19,20);1H/b5-4+;. The molecule has 0 spiro atoms. The lowest BCUT2D eigenvalue weighted by atomic mass is 10.1. The van der Waals surface area contributed by atoms with Crippen molar-refractivity contribution in [3.8, 4) is 0 Å². The van der Waals surface area contributed by atoms with Crippen LogP contribution in [0.3, 0.4) is 0 Å². The summed E-state index contributed by atoms with van der Waals surface area (Å²) in [5.74, 6) is -1.05. The molecule has 1 aromatic carbocycles. The molecule has 0 bridgehead atoms. The third-order valence-corrected chi connectivity index (χ3v) is 2.86. The quantitative estimate of drug-likeness (QED) is 0.255. The molecule has 0 radical (unpaired) electrons. The fraction of sp³-hybridized carbons (Fsp3) is 0.400. The highest BCUT2D eigenvalue weighted by atomic mass is 127. The maximum atomic E-state index is 13.2. The molecule has 0 aliphatic carbocycles. The van der Waals surface area contributed by atoms with Crippen LogP contribution in [-0.2, 0) is 0 Å². The van der Waals surface area contributed by atoms with Gasteiger partial charge in [-0.3, -0.25) is 4.99 Å². The van der Waals surface area contributed by atoms with Crippen molar-refractivity contribution >= 4 is 29.9 Å². The number of allylic oxidation sites excluding steroid dienone is 1. The van der Waals surface area contributed by atoms with E-state index in [1.54, 1.807) is 13.1 Å². The first kappa shape index (κ1) is 19.8. The Morgan fingerprint density at radius 1 is 1.33 bits per heavy atom. The fourth-order valence-electron chi connectivity index (χ4n) is 1.71. The molecule has 0 aliphatic rings. The normalized spacial score (nSPS) is 12.9. The topological polar surface area (TPSA) is 36.4 Å². The van der Waals surface area contributed by atoms with Gasteiger partial charge < -0.3 is 10.6 Å². The van der Waals surface area contributed by atoms with E-state index in [2.05, 4.69) is 21.7 Å². The molecule has 2 N–H and O–H groups in total. The van der Waals surface area contributed by atoms with Gasteiger partial charge in [-0.2, -0.15) is 0 Å².